The SMILES string of the molecule is CCOCCCC(=O)Cc1ccc(I)cc1. The van der Waals surface area contributed by atoms with Crippen LogP contribution in [-0.2, 0) is 16.0 Å². The third-order valence-electron chi connectivity index (χ3n) is 2.26. The van der Waals surface area contributed by atoms with Crippen LogP contribution in [0.2, 0.25) is 0 Å². The Morgan fingerprint density at radius 3 is 2.62 bits per heavy atom. The highest BCUT2D eigenvalue weighted by Gasteiger charge is 2.03. The van der Waals surface area contributed by atoms with E-state index in [4.69, 9.17) is 4.74 Å². The highest BCUT2D eigenvalue weighted by Crippen LogP contribution is 2.08. The second kappa shape index (κ2) is 7.79. The molecule has 0 unspecified atom stereocenters. The van der Waals surface area contributed by atoms with Gasteiger partial charge in [-0.15, -0.1) is 0 Å². The fourth-order valence-corrected chi connectivity index (χ4v) is 1.79. The lowest BCUT2D eigenvalue weighted by Gasteiger charge is -2.02. The molecule has 0 saturated carbocycles. The topological polar surface area (TPSA) is 26.3 Å². The number of halogens is 1. The zero-order valence-corrected chi connectivity index (χ0v) is 11.7. The molecule has 1 rings (SSSR count). The molecule has 0 amide bonds. The summed E-state index contributed by atoms with van der Waals surface area (Å²) in [6.45, 7) is 3.38. The molecule has 0 atom stereocenters. The van der Waals surface area contributed by atoms with Crippen molar-refractivity contribution in [2.45, 2.75) is 26.2 Å². The summed E-state index contributed by atoms with van der Waals surface area (Å²) >= 11 is 2.26. The maximum atomic E-state index is 11.6. The van der Waals surface area contributed by atoms with Gasteiger partial charge in [-0.3, -0.25) is 4.79 Å². The fraction of sp³-hybridized carbons (Fsp3) is 0.462. The Balaban J connectivity index is 2.26. The number of ether oxygens (including phenoxy) is 1. The van der Waals surface area contributed by atoms with Gasteiger partial charge in [-0.2, -0.15) is 0 Å². The molecule has 0 heterocycles. The first kappa shape index (κ1) is 13.6. The van der Waals surface area contributed by atoms with E-state index >= 15 is 0 Å². The van der Waals surface area contributed by atoms with E-state index in [9.17, 15) is 4.79 Å². The number of Topliss-reactive ketones (excluding diaryl/α,β-unsaturated/α-hetero) is 1. The van der Waals surface area contributed by atoms with Gasteiger partial charge in [0.05, 0.1) is 0 Å². The minimum atomic E-state index is 0.293. The predicted octanol–water partition coefficient (Wildman–Crippen LogP) is 3.22. The monoisotopic (exact) mass is 332 g/mol. The number of hydrogen-bond acceptors (Lipinski definition) is 2. The molecule has 0 N–H and O–H groups in total. The summed E-state index contributed by atoms with van der Waals surface area (Å²) in [6.07, 6.45) is 1.99. The summed E-state index contributed by atoms with van der Waals surface area (Å²) in [5, 5.41) is 0. The van der Waals surface area contributed by atoms with Crippen LogP contribution in [0.3, 0.4) is 0 Å². The third-order valence-corrected chi connectivity index (χ3v) is 2.98. The Morgan fingerprint density at radius 2 is 2.00 bits per heavy atom. The molecule has 0 aliphatic rings. The average molecular weight is 332 g/mol. The highest BCUT2D eigenvalue weighted by molar-refractivity contribution is 14.1. The minimum absolute atomic E-state index is 0.293. The van der Waals surface area contributed by atoms with E-state index in [-0.39, 0.29) is 0 Å². The summed E-state index contributed by atoms with van der Waals surface area (Å²) < 4.78 is 6.40. The van der Waals surface area contributed by atoms with Crippen molar-refractivity contribution >= 4 is 28.4 Å². The molecule has 16 heavy (non-hydrogen) atoms. The van der Waals surface area contributed by atoms with Crippen molar-refractivity contribution in [3.05, 3.63) is 33.4 Å². The van der Waals surface area contributed by atoms with Crippen LogP contribution < -0.4 is 0 Å². The van der Waals surface area contributed by atoms with Gasteiger partial charge in [-0.1, -0.05) is 12.1 Å². The van der Waals surface area contributed by atoms with E-state index < -0.39 is 0 Å². The number of rotatable bonds is 7. The first-order chi connectivity index (χ1) is 7.72. The highest BCUT2D eigenvalue weighted by atomic mass is 127. The smallest absolute Gasteiger partial charge is 0.137 e. The van der Waals surface area contributed by atoms with Gasteiger partial charge in [-0.05, 0) is 53.6 Å². The average Bonchev–Trinajstić information content (AvgIpc) is 2.28. The molecule has 0 bridgehead atoms. The van der Waals surface area contributed by atoms with E-state index in [1.807, 2.05) is 31.2 Å². The number of ketones is 1. The summed E-state index contributed by atoms with van der Waals surface area (Å²) in [5.74, 6) is 0.293. The molecule has 2 nitrogen and oxygen atoms in total. The molecule has 0 aromatic heterocycles. The molecule has 88 valence electrons. The van der Waals surface area contributed by atoms with Gasteiger partial charge in [0.15, 0.2) is 0 Å². The van der Waals surface area contributed by atoms with Crippen LogP contribution in [0.25, 0.3) is 0 Å². The lowest BCUT2D eigenvalue weighted by molar-refractivity contribution is -0.118. The lowest BCUT2D eigenvalue weighted by atomic mass is 10.1. The molecular weight excluding hydrogens is 315 g/mol. The van der Waals surface area contributed by atoms with Crippen molar-refractivity contribution in [1.82, 2.24) is 0 Å². The number of carbonyl (C=O) groups excluding carboxylic acids is 1. The number of benzene rings is 1. The van der Waals surface area contributed by atoms with Gasteiger partial charge in [-0.25, -0.2) is 0 Å². The van der Waals surface area contributed by atoms with Gasteiger partial charge >= 0.3 is 0 Å². The van der Waals surface area contributed by atoms with Crippen molar-refractivity contribution in [1.29, 1.82) is 0 Å². The Kier molecular flexibility index (Phi) is 6.64. The molecular formula is C13H17IO2. The summed E-state index contributed by atoms with van der Waals surface area (Å²) in [7, 11) is 0. The zero-order chi connectivity index (χ0) is 11.8. The van der Waals surface area contributed by atoms with Crippen LogP contribution in [0.5, 0.6) is 0 Å². The molecule has 3 heteroatoms. The van der Waals surface area contributed by atoms with E-state index in [0.29, 0.717) is 25.2 Å². The number of carbonyl (C=O) groups is 1. The predicted molar refractivity (Wildman–Crippen MR) is 73.6 cm³/mol. The minimum Gasteiger partial charge on any atom is -0.382 e. The summed E-state index contributed by atoms with van der Waals surface area (Å²) in [6, 6.07) is 8.09. The molecule has 0 fully saturated rings. The third kappa shape index (κ3) is 5.61. The molecule has 0 saturated heterocycles. The molecule has 0 aliphatic heterocycles. The van der Waals surface area contributed by atoms with Crippen LogP contribution in [0, 0.1) is 3.57 Å². The van der Waals surface area contributed by atoms with E-state index in [2.05, 4.69) is 22.6 Å². The first-order valence-corrected chi connectivity index (χ1v) is 6.64. The van der Waals surface area contributed by atoms with Crippen molar-refractivity contribution in [2.24, 2.45) is 0 Å². The van der Waals surface area contributed by atoms with Crippen LogP contribution in [0.1, 0.15) is 25.3 Å². The van der Waals surface area contributed by atoms with Gasteiger partial charge in [0.25, 0.3) is 0 Å². The van der Waals surface area contributed by atoms with E-state index in [1.54, 1.807) is 0 Å². The van der Waals surface area contributed by atoms with Crippen molar-refractivity contribution in [3.63, 3.8) is 0 Å². The quantitative estimate of drug-likeness (QED) is 0.566. The van der Waals surface area contributed by atoms with E-state index in [0.717, 1.165) is 18.6 Å². The fourth-order valence-electron chi connectivity index (χ4n) is 1.43. The summed E-state index contributed by atoms with van der Waals surface area (Å²) in [4.78, 5) is 11.6. The number of hydrogen-bond donors (Lipinski definition) is 0. The van der Waals surface area contributed by atoms with Gasteiger partial charge in [0, 0.05) is 29.6 Å². The standard InChI is InChI=1S/C13H17IO2/c1-2-16-9-3-4-13(15)10-11-5-7-12(14)8-6-11/h5-8H,2-4,9-10H2,1H3. The van der Waals surface area contributed by atoms with Crippen LogP contribution in [-0.4, -0.2) is 19.0 Å². The molecule has 0 radical (unpaired) electrons. The first-order valence-electron chi connectivity index (χ1n) is 5.56. The molecule has 1 aromatic rings. The summed E-state index contributed by atoms with van der Waals surface area (Å²) in [5.41, 5.74) is 1.10. The second-order valence-electron chi connectivity index (χ2n) is 3.64. The Bertz CT molecular complexity index is 319. The zero-order valence-electron chi connectivity index (χ0n) is 9.54. The maximum absolute atomic E-state index is 11.6. The van der Waals surface area contributed by atoms with Crippen molar-refractivity contribution in [2.75, 3.05) is 13.2 Å². The van der Waals surface area contributed by atoms with Gasteiger partial charge in [0.1, 0.15) is 5.78 Å². The maximum Gasteiger partial charge on any atom is 0.137 e. The van der Waals surface area contributed by atoms with Gasteiger partial charge in [0.2, 0.25) is 0 Å². The van der Waals surface area contributed by atoms with Crippen LogP contribution in [0.4, 0.5) is 0 Å². The van der Waals surface area contributed by atoms with Crippen LogP contribution >= 0.6 is 22.6 Å². The largest absolute Gasteiger partial charge is 0.382 e. The Hall–Kier alpha value is -0.420. The molecule has 0 aliphatic carbocycles. The Labute approximate surface area is 111 Å². The van der Waals surface area contributed by atoms with Crippen molar-refractivity contribution < 1.29 is 9.53 Å². The Morgan fingerprint density at radius 1 is 1.31 bits per heavy atom. The molecule has 1 aromatic carbocycles. The lowest BCUT2D eigenvalue weighted by Crippen LogP contribution is -2.04. The molecule has 0 spiro atoms. The van der Waals surface area contributed by atoms with Gasteiger partial charge < -0.3 is 4.74 Å². The van der Waals surface area contributed by atoms with E-state index in [1.165, 1.54) is 3.57 Å². The normalized spacial score (nSPS) is 10.4. The van der Waals surface area contributed by atoms with Crippen LogP contribution in [0.15, 0.2) is 24.3 Å². The second-order valence-corrected chi connectivity index (χ2v) is 4.89. The van der Waals surface area contributed by atoms with Crippen molar-refractivity contribution in [3.8, 4) is 0 Å².